The fourth-order valence-electron chi connectivity index (χ4n) is 1.91. The van der Waals surface area contributed by atoms with Gasteiger partial charge in [0.1, 0.15) is 5.76 Å². The van der Waals surface area contributed by atoms with Crippen LogP contribution in [-0.4, -0.2) is 10.1 Å². The highest BCUT2D eigenvalue weighted by Gasteiger charge is 2.29. The molecule has 2 heterocycles. The molecule has 0 aliphatic rings. The van der Waals surface area contributed by atoms with Gasteiger partial charge < -0.3 is 14.7 Å². The Morgan fingerprint density at radius 3 is 2.61 bits per heavy atom. The topological polar surface area (TPSA) is 78.1 Å². The van der Waals surface area contributed by atoms with Gasteiger partial charge in [-0.2, -0.15) is 4.98 Å². The minimum Gasteiger partial charge on any atom is -0.469 e. The third-order valence-electron chi connectivity index (χ3n) is 3.43. The predicted octanol–water partition coefficient (Wildman–Crippen LogP) is 2.87. The van der Waals surface area contributed by atoms with Crippen molar-refractivity contribution >= 4 is 0 Å². The maximum atomic E-state index is 6.25. The van der Waals surface area contributed by atoms with E-state index < -0.39 is 5.54 Å². The summed E-state index contributed by atoms with van der Waals surface area (Å²) in [6, 6.07) is 1.84. The number of hydrogen-bond acceptors (Lipinski definition) is 5. The minimum absolute atomic E-state index is 0.479. The molecule has 18 heavy (non-hydrogen) atoms. The van der Waals surface area contributed by atoms with Crippen LogP contribution in [0.3, 0.4) is 0 Å². The van der Waals surface area contributed by atoms with Crippen molar-refractivity contribution in [3.63, 3.8) is 0 Å². The zero-order valence-corrected chi connectivity index (χ0v) is 11.1. The monoisotopic (exact) mass is 249 g/mol. The Balaban J connectivity index is 2.36. The van der Waals surface area contributed by atoms with Crippen molar-refractivity contribution in [2.45, 2.75) is 45.6 Å². The number of nitrogens with zero attached hydrogens (tertiary/aromatic N) is 2. The first kappa shape index (κ1) is 12.8. The first-order chi connectivity index (χ1) is 8.64. The smallest absolute Gasteiger partial charge is 0.261 e. The Morgan fingerprint density at radius 2 is 2.00 bits per heavy atom. The lowest BCUT2D eigenvalue weighted by atomic mass is 9.93. The molecule has 2 aromatic heterocycles. The highest BCUT2D eigenvalue weighted by Crippen LogP contribution is 2.28. The summed E-state index contributed by atoms with van der Waals surface area (Å²) in [5, 5.41) is 4.01. The lowest BCUT2D eigenvalue weighted by Crippen LogP contribution is -2.36. The predicted molar refractivity (Wildman–Crippen MR) is 67.8 cm³/mol. The van der Waals surface area contributed by atoms with E-state index in [1.165, 1.54) is 0 Å². The van der Waals surface area contributed by atoms with E-state index in [1.807, 2.05) is 26.8 Å². The van der Waals surface area contributed by atoms with E-state index in [9.17, 15) is 0 Å². The molecule has 0 unspecified atom stereocenters. The molecule has 0 saturated carbocycles. The van der Waals surface area contributed by atoms with Gasteiger partial charge in [-0.1, -0.05) is 25.9 Å². The molecule has 0 aliphatic carbocycles. The molecule has 0 amide bonds. The van der Waals surface area contributed by atoms with Crippen LogP contribution in [0, 0.1) is 0 Å². The quantitative estimate of drug-likeness (QED) is 0.881. The number of aromatic nitrogens is 2. The second-order valence-electron chi connectivity index (χ2n) is 4.40. The summed E-state index contributed by atoms with van der Waals surface area (Å²) in [4.78, 5) is 4.41. The van der Waals surface area contributed by atoms with Gasteiger partial charge >= 0.3 is 0 Å². The summed E-state index contributed by atoms with van der Waals surface area (Å²) < 4.78 is 10.7. The standard InChI is InChI=1S/C13H19N3O2/c1-4-10-9(7-8-17-10)11-15-12(16-18-11)13(14,5-2)6-3/h7-8H,4-6,14H2,1-3H3. The molecule has 5 heteroatoms. The summed E-state index contributed by atoms with van der Waals surface area (Å²) in [7, 11) is 0. The molecule has 0 bridgehead atoms. The second-order valence-corrected chi connectivity index (χ2v) is 4.40. The molecule has 0 aliphatic heterocycles. The zero-order valence-electron chi connectivity index (χ0n) is 11.1. The Bertz CT molecular complexity index is 512. The number of hydrogen-bond donors (Lipinski definition) is 1. The van der Waals surface area contributed by atoms with Crippen LogP contribution in [0.4, 0.5) is 0 Å². The van der Waals surface area contributed by atoms with Gasteiger partial charge in [0, 0.05) is 6.42 Å². The molecule has 0 fully saturated rings. The van der Waals surface area contributed by atoms with Gasteiger partial charge in [-0.3, -0.25) is 0 Å². The molecule has 0 aromatic carbocycles. The van der Waals surface area contributed by atoms with Crippen LogP contribution in [0.15, 0.2) is 21.3 Å². The number of aryl methyl sites for hydroxylation is 1. The van der Waals surface area contributed by atoms with Gasteiger partial charge in [0.2, 0.25) is 0 Å². The molecule has 0 radical (unpaired) electrons. The molecule has 0 saturated heterocycles. The highest BCUT2D eigenvalue weighted by molar-refractivity contribution is 5.55. The van der Waals surface area contributed by atoms with E-state index in [0.717, 1.165) is 30.6 Å². The van der Waals surface area contributed by atoms with Crippen LogP contribution in [-0.2, 0) is 12.0 Å². The Hall–Kier alpha value is -1.62. The zero-order chi connectivity index (χ0) is 13.2. The summed E-state index contributed by atoms with van der Waals surface area (Å²) in [5.41, 5.74) is 6.58. The average molecular weight is 249 g/mol. The fraction of sp³-hybridized carbons (Fsp3) is 0.538. The van der Waals surface area contributed by atoms with Crippen molar-refractivity contribution in [2.75, 3.05) is 0 Å². The largest absolute Gasteiger partial charge is 0.469 e. The summed E-state index contributed by atoms with van der Waals surface area (Å²) >= 11 is 0. The number of furan rings is 1. The van der Waals surface area contributed by atoms with Crippen molar-refractivity contribution in [2.24, 2.45) is 5.73 Å². The summed E-state index contributed by atoms with van der Waals surface area (Å²) in [6.07, 6.45) is 3.96. The Labute approximate surface area is 106 Å². The van der Waals surface area contributed by atoms with Crippen LogP contribution < -0.4 is 5.73 Å². The van der Waals surface area contributed by atoms with Crippen LogP contribution in [0.5, 0.6) is 0 Å². The summed E-state index contributed by atoms with van der Waals surface area (Å²) in [5.74, 6) is 1.89. The SMILES string of the molecule is CCc1occc1-c1nc(C(N)(CC)CC)no1. The highest BCUT2D eigenvalue weighted by atomic mass is 16.5. The lowest BCUT2D eigenvalue weighted by molar-refractivity contribution is 0.350. The van der Waals surface area contributed by atoms with Gasteiger partial charge in [0.15, 0.2) is 5.82 Å². The molecule has 98 valence electrons. The van der Waals surface area contributed by atoms with Crippen molar-refractivity contribution < 1.29 is 8.94 Å². The fourth-order valence-corrected chi connectivity index (χ4v) is 1.91. The average Bonchev–Trinajstić information content (AvgIpc) is 3.05. The molecule has 0 atom stereocenters. The van der Waals surface area contributed by atoms with Crippen LogP contribution >= 0.6 is 0 Å². The maximum absolute atomic E-state index is 6.25. The molecule has 0 spiro atoms. The number of rotatable bonds is 5. The van der Waals surface area contributed by atoms with Gasteiger partial charge in [-0.25, -0.2) is 0 Å². The van der Waals surface area contributed by atoms with Gasteiger partial charge in [-0.05, 0) is 18.9 Å². The van der Waals surface area contributed by atoms with E-state index in [-0.39, 0.29) is 0 Å². The third kappa shape index (κ3) is 2.06. The van der Waals surface area contributed by atoms with E-state index in [4.69, 9.17) is 14.7 Å². The minimum atomic E-state index is -0.516. The van der Waals surface area contributed by atoms with Crippen molar-refractivity contribution in [1.29, 1.82) is 0 Å². The van der Waals surface area contributed by atoms with Crippen LogP contribution in [0.1, 0.15) is 45.2 Å². The normalized spacial score (nSPS) is 12.0. The van der Waals surface area contributed by atoms with Crippen LogP contribution in [0.2, 0.25) is 0 Å². The van der Waals surface area contributed by atoms with Crippen molar-refractivity contribution in [3.05, 3.63) is 23.9 Å². The first-order valence-electron chi connectivity index (χ1n) is 6.34. The van der Waals surface area contributed by atoms with Gasteiger partial charge in [-0.15, -0.1) is 0 Å². The van der Waals surface area contributed by atoms with E-state index in [2.05, 4.69) is 10.1 Å². The molecule has 2 rings (SSSR count). The van der Waals surface area contributed by atoms with E-state index >= 15 is 0 Å². The molecule has 2 aromatic rings. The summed E-state index contributed by atoms with van der Waals surface area (Å²) in [6.45, 7) is 6.06. The first-order valence-corrected chi connectivity index (χ1v) is 6.34. The van der Waals surface area contributed by atoms with E-state index in [1.54, 1.807) is 6.26 Å². The number of nitrogens with two attached hydrogens (primary N) is 1. The maximum Gasteiger partial charge on any atom is 0.261 e. The Kier molecular flexibility index (Phi) is 3.52. The van der Waals surface area contributed by atoms with Crippen LogP contribution in [0.25, 0.3) is 11.5 Å². The van der Waals surface area contributed by atoms with Gasteiger partial charge in [0.05, 0.1) is 17.4 Å². The van der Waals surface area contributed by atoms with Gasteiger partial charge in [0.25, 0.3) is 5.89 Å². The lowest BCUT2D eigenvalue weighted by Gasteiger charge is -2.21. The third-order valence-corrected chi connectivity index (χ3v) is 3.43. The molecule has 2 N–H and O–H groups in total. The van der Waals surface area contributed by atoms with Crippen molar-refractivity contribution in [1.82, 2.24) is 10.1 Å². The van der Waals surface area contributed by atoms with E-state index in [0.29, 0.717) is 11.7 Å². The van der Waals surface area contributed by atoms with Crippen molar-refractivity contribution in [3.8, 4) is 11.5 Å². The Morgan fingerprint density at radius 1 is 1.28 bits per heavy atom. The molecular weight excluding hydrogens is 230 g/mol. The second kappa shape index (κ2) is 4.94. The molecular formula is C13H19N3O2. The molecule has 5 nitrogen and oxygen atoms in total.